The highest BCUT2D eigenvalue weighted by atomic mass is 16.5. The van der Waals surface area contributed by atoms with Crippen LogP contribution in [0.1, 0.15) is 31.4 Å². The van der Waals surface area contributed by atoms with Gasteiger partial charge in [-0.25, -0.2) is 0 Å². The Balaban J connectivity index is 1.91. The Morgan fingerprint density at radius 3 is 2.30 bits per heavy atom. The molecule has 0 aliphatic heterocycles. The number of Topliss-reactive ketones (excluding diaryl/α,β-unsaturated/α-hetero) is 1. The van der Waals surface area contributed by atoms with Gasteiger partial charge in [0.2, 0.25) is 0 Å². The van der Waals surface area contributed by atoms with Gasteiger partial charge in [0.05, 0.1) is 11.3 Å². The minimum absolute atomic E-state index is 0.0344. The summed E-state index contributed by atoms with van der Waals surface area (Å²) in [6.45, 7) is 3.22. The summed E-state index contributed by atoms with van der Waals surface area (Å²) < 4.78 is 11.4. The van der Waals surface area contributed by atoms with E-state index in [9.17, 15) is 9.59 Å². The molecular weight excluding hydrogens is 384 g/mol. The lowest BCUT2D eigenvalue weighted by Crippen LogP contribution is -2.21. The fraction of sp³-hybridized carbons (Fsp3) is 0.261. The predicted molar refractivity (Wildman–Crippen MR) is 114 cm³/mol. The van der Waals surface area contributed by atoms with Crippen LogP contribution in [-0.4, -0.2) is 29.2 Å². The molecule has 0 heterocycles. The highest BCUT2D eigenvalue weighted by Crippen LogP contribution is 2.18. The average Bonchev–Trinajstić information content (AvgIpc) is 2.69. The number of ether oxygens (including phenoxy) is 2. The molecule has 0 saturated heterocycles. The summed E-state index contributed by atoms with van der Waals surface area (Å²) in [6, 6.07) is 14.6. The first-order valence-corrected chi connectivity index (χ1v) is 9.46. The topological polar surface area (TPSA) is 123 Å². The summed E-state index contributed by atoms with van der Waals surface area (Å²) in [7, 11) is 0. The fourth-order valence-electron chi connectivity index (χ4n) is 2.85. The molecule has 2 rings (SSSR count). The number of ketones is 1. The van der Waals surface area contributed by atoms with Gasteiger partial charge in [0, 0.05) is 12.1 Å². The van der Waals surface area contributed by atoms with Crippen LogP contribution in [0.15, 0.2) is 59.8 Å². The molecule has 158 valence electrons. The van der Waals surface area contributed by atoms with Crippen molar-refractivity contribution in [3.63, 3.8) is 0 Å². The van der Waals surface area contributed by atoms with E-state index in [1.54, 1.807) is 19.1 Å². The molecule has 2 aromatic carbocycles. The van der Waals surface area contributed by atoms with Crippen LogP contribution in [0.4, 0.5) is 0 Å². The number of hydrogen-bond donors (Lipinski definition) is 3. The molecule has 0 aromatic heterocycles. The van der Waals surface area contributed by atoms with Crippen molar-refractivity contribution in [1.29, 1.82) is 5.41 Å². The van der Waals surface area contributed by atoms with Crippen LogP contribution in [0.25, 0.3) is 0 Å². The second-order valence-electron chi connectivity index (χ2n) is 6.86. The number of rotatable bonds is 11. The Labute approximate surface area is 175 Å². The third-order valence-electron chi connectivity index (χ3n) is 4.29. The van der Waals surface area contributed by atoms with Gasteiger partial charge >= 0.3 is 5.97 Å². The molecule has 0 radical (unpaired) electrons. The van der Waals surface area contributed by atoms with Crippen molar-refractivity contribution in [3.8, 4) is 11.5 Å². The van der Waals surface area contributed by atoms with Crippen molar-refractivity contribution in [2.24, 2.45) is 5.73 Å². The zero-order chi connectivity index (χ0) is 22.1. The number of carboxylic acid groups (broad SMARTS) is 1. The Morgan fingerprint density at radius 1 is 1.00 bits per heavy atom. The largest absolute Gasteiger partial charge is 0.489 e. The number of nitrogens with one attached hydrogen (secondary N) is 1. The van der Waals surface area contributed by atoms with Gasteiger partial charge in [-0.15, -0.1) is 0 Å². The first-order chi connectivity index (χ1) is 14.3. The summed E-state index contributed by atoms with van der Waals surface area (Å²) in [4.78, 5) is 22.3. The van der Waals surface area contributed by atoms with E-state index in [0.29, 0.717) is 30.2 Å². The van der Waals surface area contributed by atoms with E-state index in [1.807, 2.05) is 36.4 Å². The van der Waals surface area contributed by atoms with Gasteiger partial charge in [0.25, 0.3) is 0 Å². The molecule has 0 spiro atoms. The number of carbonyl (C=O) groups is 2. The molecule has 0 aliphatic carbocycles. The first kappa shape index (κ1) is 22.7. The molecule has 7 nitrogen and oxygen atoms in total. The van der Waals surface area contributed by atoms with E-state index in [1.165, 1.54) is 6.92 Å². The molecule has 30 heavy (non-hydrogen) atoms. The van der Waals surface area contributed by atoms with E-state index in [2.05, 4.69) is 0 Å². The number of aliphatic carboxylic acids is 1. The maximum atomic E-state index is 11.6. The SMILES string of the molecule is CC(=O)C(C(=N)COc1cccc(COc2ccc(CCC(=O)O)cc2)c1)=C(C)N. The number of carboxylic acids is 1. The molecule has 0 fully saturated rings. The van der Waals surface area contributed by atoms with Crippen LogP contribution in [0.5, 0.6) is 11.5 Å². The van der Waals surface area contributed by atoms with Crippen LogP contribution in [-0.2, 0) is 22.6 Å². The van der Waals surface area contributed by atoms with Gasteiger partial charge in [0.15, 0.2) is 5.78 Å². The highest BCUT2D eigenvalue weighted by molar-refractivity contribution is 6.21. The number of allylic oxidation sites excluding steroid dienone is 1. The summed E-state index contributed by atoms with van der Waals surface area (Å²) in [5.41, 5.74) is 8.02. The van der Waals surface area contributed by atoms with E-state index in [-0.39, 0.29) is 30.1 Å². The zero-order valence-corrected chi connectivity index (χ0v) is 17.1. The molecule has 0 saturated carbocycles. The van der Waals surface area contributed by atoms with Gasteiger partial charge in [0.1, 0.15) is 24.7 Å². The van der Waals surface area contributed by atoms with Crippen LogP contribution >= 0.6 is 0 Å². The summed E-state index contributed by atoms with van der Waals surface area (Å²) in [5.74, 6) is 0.151. The first-order valence-electron chi connectivity index (χ1n) is 9.46. The number of carbonyl (C=O) groups excluding carboxylic acids is 1. The lowest BCUT2D eigenvalue weighted by Gasteiger charge is -2.12. The molecule has 0 aliphatic rings. The third kappa shape index (κ3) is 7.09. The van der Waals surface area contributed by atoms with Crippen molar-refractivity contribution >= 4 is 17.5 Å². The molecule has 7 heteroatoms. The lowest BCUT2D eigenvalue weighted by molar-refractivity contribution is -0.137. The minimum atomic E-state index is -0.820. The fourth-order valence-corrected chi connectivity index (χ4v) is 2.85. The summed E-state index contributed by atoms with van der Waals surface area (Å²) in [5, 5.41) is 16.8. The Hall–Kier alpha value is -3.61. The van der Waals surface area contributed by atoms with Crippen LogP contribution in [0, 0.1) is 5.41 Å². The smallest absolute Gasteiger partial charge is 0.303 e. The van der Waals surface area contributed by atoms with Gasteiger partial charge in [-0.1, -0.05) is 24.3 Å². The number of aryl methyl sites for hydroxylation is 1. The standard InChI is InChI=1S/C23H26N2O5/c1-15(24)23(16(2)26)21(25)14-30-20-5-3-4-18(12-20)13-29-19-9-6-17(7-10-19)8-11-22(27)28/h3-7,9-10,12,25H,8,11,13-14,24H2,1-2H3,(H,27,28). The average molecular weight is 410 g/mol. The van der Waals surface area contributed by atoms with Gasteiger partial charge in [-0.2, -0.15) is 0 Å². The third-order valence-corrected chi connectivity index (χ3v) is 4.29. The monoisotopic (exact) mass is 410 g/mol. The Bertz CT molecular complexity index is 944. The van der Waals surface area contributed by atoms with E-state index in [0.717, 1.165) is 11.1 Å². The second-order valence-corrected chi connectivity index (χ2v) is 6.86. The zero-order valence-electron chi connectivity index (χ0n) is 17.1. The summed E-state index contributed by atoms with van der Waals surface area (Å²) >= 11 is 0. The number of benzene rings is 2. The van der Waals surface area contributed by atoms with E-state index >= 15 is 0 Å². The maximum absolute atomic E-state index is 11.6. The lowest BCUT2D eigenvalue weighted by atomic mass is 10.1. The quantitative estimate of drug-likeness (QED) is 0.385. The van der Waals surface area contributed by atoms with E-state index in [4.69, 9.17) is 25.7 Å². The van der Waals surface area contributed by atoms with Gasteiger partial charge in [-0.3, -0.25) is 9.59 Å². The van der Waals surface area contributed by atoms with Crippen LogP contribution in [0.2, 0.25) is 0 Å². The minimum Gasteiger partial charge on any atom is -0.489 e. The molecule has 0 bridgehead atoms. The number of hydrogen-bond acceptors (Lipinski definition) is 6. The summed E-state index contributed by atoms with van der Waals surface area (Å²) in [6.07, 6.45) is 0.577. The molecular formula is C23H26N2O5. The molecule has 0 amide bonds. The van der Waals surface area contributed by atoms with Crippen molar-refractivity contribution < 1.29 is 24.2 Å². The van der Waals surface area contributed by atoms with Crippen LogP contribution < -0.4 is 15.2 Å². The normalized spacial score (nSPS) is 11.4. The van der Waals surface area contributed by atoms with Crippen molar-refractivity contribution in [3.05, 3.63) is 70.9 Å². The van der Waals surface area contributed by atoms with E-state index < -0.39 is 5.97 Å². The van der Waals surface area contributed by atoms with Crippen molar-refractivity contribution in [1.82, 2.24) is 0 Å². The van der Waals surface area contributed by atoms with Crippen molar-refractivity contribution in [2.45, 2.75) is 33.3 Å². The predicted octanol–water partition coefficient (Wildman–Crippen LogP) is 3.50. The molecule has 0 atom stereocenters. The maximum Gasteiger partial charge on any atom is 0.303 e. The highest BCUT2D eigenvalue weighted by Gasteiger charge is 2.13. The van der Waals surface area contributed by atoms with Gasteiger partial charge in [-0.05, 0) is 55.7 Å². The molecule has 2 aromatic rings. The Kier molecular flexibility index (Phi) is 8.17. The van der Waals surface area contributed by atoms with Gasteiger partial charge < -0.3 is 25.7 Å². The molecule has 0 unspecified atom stereocenters. The van der Waals surface area contributed by atoms with Crippen LogP contribution in [0.3, 0.4) is 0 Å². The number of nitrogens with two attached hydrogens (primary N) is 1. The molecule has 4 N–H and O–H groups in total. The Morgan fingerprint density at radius 2 is 1.70 bits per heavy atom. The second kappa shape index (κ2) is 10.8. The van der Waals surface area contributed by atoms with Crippen molar-refractivity contribution in [2.75, 3.05) is 6.61 Å².